The van der Waals surface area contributed by atoms with Crippen LogP contribution in [0.25, 0.3) is 0 Å². The van der Waals surface area contributed by atoms with Gasteiger partial charge in [-0.2, -0.15) is 0 Å². The van der Waals surface area contributed by atoms with Crippen molar-refractivity contribution in [1.82, 2.24) is 10.2 Å². The maximum absolute atomic E-state index is 12.8. The molecule has 7 nitrogen and oxygen atoms in total. The van der Waals surface area contributed by atoms with Crippen LogP contribution < -0.4 is 15.5 Å². The van der Waals surface area contributed by atoms with E-state index in [4.69, 9.17) is 4.74 Å². The first kappa shape index (κ1) is 21.9. The number of hydrogen-bond donors (Lipinski definition) is 2. The number of amides is 2. The first-order valence-electron chi connectivity index (χ1n) is 11.9. The summed E-state index contributed by atoms with van der Waals surface area (Å²) in [6.45, 7) is 5.26. The number of methoxy groups -OCH3 is 1. The second-order valence-electron chi connectivity index (χ2n) is 9.24. The SMILES string of the molecule is COC(=O)c1ccc(N2CCCC2)c(NC(=O)NC2CCN(CC3CCCC3)CC2)c1. The molecule has 0 spiro atoms. The van der Waals surface area contributed by atoms with Crippen molar-refractivity contribution in [3.05, 3.63) is 23.8 Å². The van der Waals surface area contributed by atoms with E-state index in [-0.39, 0.29) is 12.1 Å². The molecular formula is C24H36N4O3. The number of anilines is 2. The lowest BCUT2D eigenvalue weighted by atomic mass is 10.0. The molecule has 3 aliphatic rings. The number of ether oxygens (including phenoxy) is 1. The molecule has 2 heterocycles. The third kappa shape index (κ3) is 5.70. The zero-order valence-electron chi connectivity index (χ0n) is 18.7. The van der Waals surface area contributed by atoms with Gasteiger partial charge in [0.2, 0.25) is 0 Å². The summed E-state index contributed by atoms with van der Waals surface area (Å²) < 4.78 is 4.86. The van der Waals surface area contributed by atoms with Gasteiger partial charge in [0.05, 0.1) is 24.0 Å². The highest BCUT2D eigenvalue weighted by atomic mass is 16.5. The van der Waals surface area contributed by atoms with Gasteiger partial charge in [0.1, 0.15) is 0 Å². The molecular weight excluding hydrogens is 392 g/mol. The Kier molecular flexibility index (Phi) is 7.33. The zero-order chi connectivity index (χ0) is 21.6. The summed E-state index contributed by atoms with van der Waals surface area (Å²) in [5, 5.41) is 6.16. The molecule has 0 atom stereocenters. The van der Waals surface area contributed by atoms with E-state index in [0.717, 1.165) is 63.5 Å². The van der Waals surface area contributed by atoms with Crippen LogP contribution in [0.15, 0.2) is 18.2 Å². The molecule has 0 aromatic heterocycles. The minimum atomic E-state index is -0.397. The van der Waals surface area contributed by atoms with Crippen molar-refractivity contribution in [2.24, 2.45) is 5.92 Å². The Morgan fingerprint density at radius 3 is 2.39 bits per heavy atom. The number of carbonyl (C=O) groups excluding carboxylic acids is 2. The lowest BCUT2D eigenvalue weighted by molar-refractivity contribution is 0.0600. The molecule has 2 N–H and O–H groups in total. The van der Waals surface area contributed by atoms with Crippen LogP contribution in [-0.2, 0) is 4.74 Å². The Balaban J connectivity index is 1.33. The number of benzene rings is 1. The fourth-order valence-electron chi connectivity index (χ4n) is 5.28. The van der Waals surface area contributed by atoms with Gasteiger partial charge in [-0.05, 0) is 62.6 Å². The van der Waals surface area contributed by atoms with Crippen LogP contribution in [-0.4, -0.2) is 62.8 Å². The first-order chi connectivity index (χ1) is 15.1. The van der Waals surface area contributed by atoms with E-state index < -0.39 is 5.97 Å². The van der Waals surface area contributed by atoms with Gasteiger partial charge in [-0.15, -0.1) is 0 Å². The molecule has 2 aliphatic heterocycles. The van der Waals surface area contributed by atoms with Crippen LogP contribution in [0.4, 0.5) is 16.2 Å². The summed E-state index contributed by atoms with van der Waals surface area (Å²) in [5.74, 6) is 0.477. The Bertz CT molecular complexity index is 764. The summed E-state index contributed by atoms with van der Waals surface area (Å²) in [7, 11) is 1.37. The summed E-state index contributed by atoms with van der Waals surface area (Å²) in [5.41, 5.74) is 2.08. The molecule has 31 heavy (non-hydrogen) atoms. The quantitative estimate of drug-likeness (QED) is 0.674. The van der Waals surface area contributed by atoms with Crippen LogP contribution in [0.2, 0.25) is 0 Å². The number of piperidine rings is 1. The van der Waals surface area contributed by atoms with E-state index in [0.29, 0.717) is 11.3 Å². The Labute approximate surface area is 185 Å². The molecule has 1 aromatic rings. The number of hydrogen-bond acceptors (Lipinski definition) is 5. The average molecular weight is 429 g/mol. The number of nitrogens with zero attached hydrogens (tertiary/aromatic N) is 2. The number of nitrogens with one attached hydrogen (secondary N) is 2. The minimum Gasteiger partial charge on any atom is -0.465 e. The third-order valence-electron chi connectivity index (χ3n) is 7.03. The highest BCUT2D eigenvalue weighted by Gasteiger charge is 2.25. The van der Waals surface area contributed by atoms with E-state index in [1.807, 2.05) is 6.07 Å². The molecule has 2 saturated heterocycles. The van der Waals surface area contributed by atoms with Gasteiger partial charge in [-0.3, -0.25) is 0 Å². The smallest absolute Gasteiger partial charge is 0.337 e. The number of rotatable bonds is 6. The van der Waals surface area contributed by atoms with Crippen molar-refractivity contribution < 1.29 is 14.3 Å². The van der Waals surface area contributed by atoms with E-state index >= 15 is 0 Å². The summed E-state index contributed by atoms with van der Waals surface area (Å²) >= 11 is 0. The van der Waals surface area contributed by atoms with Gasteiger partial charge in [-0.25, -0.2) is 9.59 Å². The number of likely N-dealkylation sites (tertiary alicyclic amines) is 1. The second-order valence-corrected chi connectivity index (χ2v) is 9.24. The average Bonchev–Trinajstić information content (AvgIpc) is 3.49. The maximum atomic E-state index is 12.8. The van der Waals surface area contributed by atoms with E-state index in [1.54, 1.807) is 12.1 Å². The van der Waals surface area contributed by atoms with Gasteiger partial charge in [0.25, 0.3) is 0 Å². The van der Waals surface area contributed by atoms with Crippen LogP contribution in [0.5, 0.6) is 0 Å². The zero-order valence-corrected chi connectivity index (χ0v) is 18.7. The van der Waals surface area contributed by atoms with Crippen LogP contribution in [0.3, 0.4) is 0 Å². The van der Waals surface area contributed by atoms with E-state index in [1.165, 1.54) is 39.3 Å². The van der Waals surface area contributed by atoms with Crippen molar-refractivity contribution >= 4 is 23.4 Å². The predicted octanol–water partition coefficient (Wildman–Crippen LogP) is 3.85. The molecule has 7 heteroatoms. The van der Waals surface area contributed by atoms with Gasteiger partial charge in [0, 0.05) is 38.8 Å². The highest BCUT2D eigenvalue weighted by Crippen LogP contribution is 2.30. The van der Waals surface area contributed by atoms with Gasteiger partial charge >= 0.3 is 12.0 Å². The van der Waals surface area contributed by atoms with Crippen LogP contribution in [0, 0.1) is 5.92 Å². The largest absolute Gasteiger partial charge is 0.465 e. The molecule has 0 unspecified atom stereocenters. The highest BCUT2D eigenvalue weighted by molar-refractivity contribution is 5.97. The molecule has 1 aromatic carbocycles. The summed E-state index contributed by atoms with van der Waals surface area (Å²) in [4.78, 5) is 29.6. The van der Waals surface area contributed by atoms with Crippen LogP contribution in [0.1, 0.15) is 61.7 Å². The minimum absolute atomic E-state index is 0.193. The standard InChI is InChI=1S/C24H36N4O3/c1-31-23(29)19-8-9-22(28-12-4-5-13-28)21(16-19)26-24(30)25-20-10-14-27(15-11-20)17-18-6-2-3-7-18/h8-9,16,18,20H,2-7,10-15,17H2,1H3,(H2,25,26,30). The molecule has 3 fully saturated rings. The van der Waals surface area contributed by atoms with Crippen molar-refractivity contribution in [3.63, 3.8) is 0 Å². The fraction of sp³-hybridized carbons (Fsp3) is 0.667. The molecule has 2 amide bonds. The molecule has 170 valence electrons. The normalized spacial score (nSPS) is 20.7. The summed E-state index contributed by atoms with van der Waals surface area (Å²) in [6.07, 6.45) is 9.80. The molecule has 1 aliphatic carbocycles. The first-order valence-corrected chi connectivity index (χ1v) is 11.9. The van der Waals surface area contributed by atoms with Gasteiger partial charge in [0.15, 0.2) is 0 Å². The second kappa shape index (κ2) is 10.4. The third-order valence-corrected chi connectivity index (χ3v) is 7.03. The van der Waals surface area contributed by atoms with Crippen molar-refractivity contribution in [2.45, 2.75) is 57.4 Å². The molecule has 1 saturated carbocycles. The Morgan fingerprint density at radius 1 is 1.00 bits per heavy atom. The van der Waals surface area contributed by atoms with Crippen molar-refractivity contribution in [2.75, 3.05) is 50.1 Å². The lowest BCUT2D eigenvalue weighted by Gasteiger charge is -2.34. The van der Waals surface area contributed by atoms with Crippen molar-refractivity contribution in [1.29, 1.82) is 0 Å². The predicted molar refractivity (Wildman–Crippen MR) is 123 cm³/mol. The molecule has 0 bridgehead atoms. The van der Waals surface area contributed by atoms with Crippen LogP contribution >= 0.6 is 0 Å². The monoisotopic (exact) mass is 428 g/mol. The van der Waals surface area contributed by atoms with E-state index in [2.05, 4.69) is 20.4 Å². The van der Waals surface area contributed by atoms with E-state index in [9.17, 15) is 9.59 Å². The Morgan fingerprint density at radius 2 is 1.71 bits per heavy atom. The maximum Gasteiger partial charge on any atom is 0.337 e. The van der Waals surface area contributed by atoms with Gasteiger partial charge < -0.3 is 25.2 Å². The molecule has 4 rings (SSSR count). The Hall–Kier alpha value is -2.28. The molecule has 0 radical (unpaired) electrons. The number of urea groups is 1. The lowest BCUT2D eigenvalue weighted by Crippen LogP contribution is -2.46. The summed E-state index contributed by atoms with van der Waals surface area (Å²) in [6, 6.07) is 5.40. The van der Waals surface area contributed by atoms with Gasteiger partial charge in [-0.1, -0.05) is 12.8 Å². The number of carbonyl (C=O) groups is 2. The fourth-order valence-corrected chi connectivity index (χ4v) is 5.28. The number of esters is 1. The topological polar surface area (TPSA) is 73.9 Å². The van der Waals surface area contributed by atoms with Crippen molar-refractivity contribution in [3.8, 4) is 0 Å².